The first-order valence-electron chi connectivity index (χ1n) is 12.7. The first kappa shape index (κ1) is 33.5. The van der Waals surface area contributed by atoms with Crippen molar-refractivity contribution in [2.24, 2.45) is 0 Å². The molecule has 0 aliphatic heterocycles. The van der Waals surface area contributed by atoms with Crippen LogP contribution in [0.3, 0.4) is 0 Å². The van der Waals surface area contributed by atoms with Crippen LogP contribution in [0.1, 0.15) is 71.1 Å². The van der Waals surface area contributed by atoms with E-state index in [1.807, 2.05) is 0 Å². The first-order chi connectivity index (χ1) is 17.1. The zero-order valence-corrected chi connectivity index (χ0v) is 22.9. The van der Waals surface area contributed by atoms with Crippen LogP contribution in [0.5, 0.6) is 0 Å². The predicted octanol–water partition coefficient (Wildman–Crippen LogP) is 6.11. The Morgan fingerprint density at radius 3 is 1.86 bits per heavy atom. The molecule has 198 valence electrons. The Bertz CT molecular complexity index is 672. The number of aliphatic hydroxyl groups excluding tert-OH is 2. The van der Waals surface area contributed by atoms with E-state index in [0.29, 0.717) is 25.2 Å². The molecule has 35 heavy (non-hydrogen) atoms. The number of Topliss-reactive ketones (excluding diaryl/α,β-unsaturated/α-hetero) is 1. The normalized spacial score (nSPS) is 13.2. The van der Waals surface area contributed by atoms with Gasteiger partial charge in [0.25, 0.3) is 5.91 Å². The van der Waals surface area contributed by atoms with Crippen molar-refractivity contribution in [2.45, 2.75) is 77.2 Å². The lowest BCUT2D eigenvalue weighted by Gasteiger charge is -2.08. The summed E-state index contributed by atoms with van der Waals surface area (Å²) < 4.78 is 0. The quantitative estimate of drug-likeness (QED) is 0.0851. The number of nitrogens with one attached hydrogen (secondary N) is 1. The highest BCUT2D eigenvalue weighted by Gasteiger charge is 2.11. The SMILES string of the molecule is CC/C=C\C/C=C\C/C=C\C/C=C\C/C=C\CCCC(=O)CCCSSCCNC(=O)C(O)CO. The lowest BCUT2D eigenvalue weighted by Crippen LogP contribution is -2.37. The Labute approximate surface area is 220 Å². The fraction of sp³-hybridized carbons (Fsp3) is 0.571. The van der Waals surface area contributed by atoms with Crippen LogP contribution in [-0.4, -0.2) is 52.7 Å². The Balaban J connectivity index is 3.49. The van der Waals surface area contributed by atoms with Gasteiger partial charge in [-0.05, 0) is 51.4 Å². The monoisotopic (exact) mass is 523 g/mol. The number of amides is 1. The van der Waals surface area contributed by atoms with E-state index in [1.165, 1.54) is 0 Å². The Morgan fingerprint density at radius 2 is 1.29 bits per heavy atom. The minimum Gasteiger partial charge on any atom is -0.393 e. The summed E-state index contributed by atoms with van der Waals surface area (Å²) in [4.78, 5) is 23.2. The molecule has 0 radical (unpaired) electrons. The van der Waals surface area contributed by atoms with Gasteiger partial charge in [-0.1, -0.05) is 89.3 Å². The summed E-state index contributed by atoms with van der Waals surface area (Å²) in [5, 5.41) is 20.3. The minimum atomic E-state index is -1.35. The lowest BCUT2D eigenvalue weighted by molar-refractivity contribution is -0.131. The fourth-order valence-electron chi connectivity index (χ4n) is 2.77. The summed E-state index contributed by atoms with van der Waals surface area (Å²) in [5.41, 5.74) is 0. The number of hydrogen-bond acceptors (Lipinski definition) is 6. The molecule has 0 aromatic carbocycles. The van der Waals surface area contributed by atoms with Crippen LogP contribution in [0.2, 0.25) is 0 Å². The van der Waals surface area contributed by atoms with Gasteiger partial charge in [-0.15, -0.1) is 0 Å². The van der Waals surface area contributed by atoms with E-state index in [0.717, 1.165) is 62.9 Å². The molecular weight excluding hydrogens is 478 g/mol. The molecule has 5 nitrogen and oxygen atoms in total. The molecule has 0 fully saturated rings. The fourth-order valence-corrected chi connectivity index (χ4v) is 4.77. The molecular formula is C28H45NO4S2. The molecule has 0 heterocycles. The van der Waals surface area contributed by atoms with Gasteiger partial charge in [-0.25, -0.2) is 0 Å². The zero-order valence-electron chi connectivity index (χ0n) is 21.3. The highest BCUT2D eigenvalue weighted by Crippen LogP contribution is 2.22. The largest absolute Gasteiger partial charge is 0.393 e. The summed E-state index contributed by atoms with van der Waals surface area (Å²) in [5.74, 6) is 1.40. The van der Waals surface area contributed by atoms with Crippen LogP contribution in [0.4, 0.5) is 0 Å². The van der Waals surface area contributed by atoms with Gasteiger partial charge in [0.05, 0.1) is 6.61 Å². The van der Waals surface area contributed by atoms with Gasteiger partial charge in [0, 0.05) is 30.9 Å². The van der Waals surface area contributed by atoms with Crippen LogP contribution >= 0.6 is 21.6 Å². The van der Waals surface area contributed by atoms with Gasteiger partial charge in [0.2, 0.25) is 0 Å². The molecule has 0 saturated carbocycles. The second-order valence-corrected chi connectivity index (χ2v) is 10.6. The Kier molecular flexibility index (Phi) is 25.9. The van der Waals surface area contributed by atoms with Gasteiger partial charge in [-0.2, -0.15) is 0 Å². The minimum absolute atomic E-state index is 0.327. The average Bonchev–Trinajstić information content (AvgIpc) is 2.86. The zero-order chi connectivity index (χ0) is 25.8. The van der Waals surface area contributed by atoms with E-state index in [2.05, 4.69) is 73.0 Å². The van der Waals surface area contributed by atoms with E-state index in [1.54, 1.807) is 21.6 Å². The molecule has 0 bridgehead atoms. The number of allylic oxidation sites excluding steroid dienone is 10. The molecule has 3 N–H and O–H groups in total. The molecule has 0 aromatic heterocycles. The standard InChI is InChI=1S/C28H45NO4S2/c1-2-3-4-5-6-7-8-9-10-11-12-13-14-15-16-17-18-20-26(31)21-19-23-34-35-24-22-29-28(33)27(32)25-30/h3-4,6-7,9-10,12-13,15-16,27,30,32H,2,5,8,11,14,17-25H2,1H3,(H,29,33)/b4-3-,7-6-,10-9-,13-12-,16-15-. The van der Waals surface area contributed by atoms with Crippen molar-refractivity contribution in [2.75, 3.05) is 24.7 Å². The van der Waals surface area contributed by atoms with Crippen molar-refractivity contribution in [1.82, 2.24) is 5.32 Å². The van der Waals surface area contributed by atoms with Crippen molar-refractivity contribution in [3.05, 3.63) is 60.8 Å². The maximum Gasteiger partial charge on any atom is 0.251 e. The molecule has 1 unspecified atom stereocenters. The molecule has 0 aliphatic carbocycles. The Morgan fingerprint density at radius 1 is 0.771 bits per heavy atom. The van der Waals surface area contributed by atoms with Crippen LogP contribution in [0, 0.1) is 0 Å². The molecule has 1 amide bonds. The van der Waals surface area contributed by atoms with Crippen molar-refractivity contribution >= 4 is 33.3 Å². The number of rotatable bonds is 23. The van der Waals surface area contributed by atoms with Gasteiger partial charge in [0.15, 0.2) is 6.10 Å². The van der Waals surface area contributed by atoms with Crippen LogP contribution < -0.4 is 5.32 Å². The number of unbranched alkanes of at least 4 members (excludes halogenated alkanes) is 1. The van der Waals surface area contributed by atoms with Crippen molar-refractivity contribution in [1.29, 1.82) is 0 Å². The summed E-state index contributed by atoms with van der Waals surface area (Å²) in [7, 11) is 3.32. The lowest BCUT2D eigenvalue weighted by atomic mass is 10.1. The molecule has 0 aromatic rings. The van der Waals surface area contributed by atoms with E-state index in [4.69, 9.17) is 10.2 Å². The third-order valence-electron chi connectivity index (χ3n) is 4.71. The van der Waals surface area contributed by atoms with Crippen molar-refractivity contribution < 1.29 is 19.8 Å². The second-order valence-electron chi connectivity index (χ2n) is 7.88. The van der Waals surface area contributed by atoms with Crippen molar-refractivity contribution in [3.63, 3.8) is 0 Å². The van der Waals surface area contributed by atoms with Crippen LogP contribution in [0.25, 0.3) is 0 Å². The summed E-state index contributed by atoms with van der Waals surface area (Å²) in [6, 6.07) is 0. The summed E-state index contributed by atoms with van der Waals surface area (Å²) in [6.07, 6.45) is 29.5. The average molecular weight is 524 g/mol. The van der Waals surface area contributed by atoms with E-state index < -0.39 is 18.6 Å². The van der Waals surface area contributed by atoms with Crippen LogP contribution in [-0.2, 0) is 9.59 Å². The van der Waals surface area contributed by atoms with Gasteiger partial charge in [-0.3, -0.25) is 9.59 Å². The number of ketones is 1. The van der Waals surface area contributed by atoms with Gasteiger partial charge in [0.1, 0.15) is 5.78 Å². The number of aliphatic hydroxyl groups is 2. The Hall–Kier alpha value is -1.54. The van der Waals surface area contributed by atoms with E-state index in [-0.39, 0.29) is 0 Å². The number of hydrogen-bond donors (Lipinski definition) is 3. The summed E-state index contributed by atoms with van der Waals surface area (Å²) >= 11 is 0. The number of carbonyl (C=O) groups is 2. The predicted molar refractivity (Wildman–Crippen MR) is 154 cm³/mol. The van der Waals surface area contributed by atoms with Crippen LogP contribution in [0.15, 0.2) is 60.8 Å². The maximum atomic E-state index is 11.9. The molecule has 0 aliphatic rings. The molecule has 1 atom stereocenters. The topological polar surface area (TPSA) is 86.6 Å². The maximum absolute atomic E-state index is 11.9. The second kappa shape index (κ2) is 27.1. The van der Waals surface area contributed by atoms with E-state index in [9.17, 15) is 9.59 Å². The van der Waals surface area contributed by atoms with Gasteiger partial charge < -0.3 is 15.5 Å². The molecule has 0 rings (SSSR count). The first-order valence-corrected chi connectivity index (χ1v) is 15.2. The molecule has 7 heteroatoms. The smallest absolute Gasteiger partial charge is 0.251 e. The number of carbonyl (C=O) groups excluding carboxylic acids is 2. The highest BCUT2D eigenvalue weighted by atomic mass is 33.1. The molecule has 0 saturated heterocycles. The third-order valence-corrected chi connectivity index (χ3v) is 7.20. The van der Waals surface area contributed by atoms with Crippen molar-refractivity contribution in [3.8, 4) is 0 Å². The summed E-state index contributed by atoms with van der Waals surface area (Å²) in [6.45, 7) is 2.03. The van der Waals surface area contributed by atoms with E-state index >= 15 is 0 Å². The third kappa shape index (κ3) is 25.4. The molecule has 0 spiro atoms. The highest BCUT2D eigenvalue weighted by molar-refractivity contribution is 8.76. The van der Waals surface area contributed by atoms with Gasteiger partial charge >= 0.3 is 0 Å².